The van der Waals surface area contributed by atoms with Gasteiger partial charge in [0.05, 0.1) is 16.0 Å². The van der Waals surface area contributed by atoms with Gasteiger partial charge in [-0.15, -0.1) is 0 Å². The van der Waals surface area contributed by atoms with Crippen molar-refractivity contribution >= 4 is 33.7 Å². The van der Waals surface area contributed by atoms with E-state index in [1.165, 1.54) is 12.1 Å². The van der Waals surface area contributed by atoms with Gasteiger partial charge in [0.1, 0.15) is 0 Å². The van der Waals surface area contributed by atoms with Crippen LogP contribution in [0.15, 0.2) is 23.0 Å². The molecule has 0 atom stereocenters. The Morgan fingerprint density at radius 2 is 2.19 bits per heavy atom. The van der Waals surface area contributed by atoms with Crippen molar-refractivity contribution in [2.24, 2.45) is 0 Å². The van der Waals surface area contributed by atoms with E-state index in [1.807, 2.05) is 0 Å². The summed E-state index contributed by atoms with van der Waals surface area (Å²) in [5.74, 6) is 0. The third kappa shape index (κ3) is 1.47. The van der Waals surface area contributed by atoms with E-state index < -0.39 is 16.0 Å². The first-order valence-corrected chi connectivity index (χ1v) is 4.47. The first-order valence-electron chi connectivity index (χ1n) is 4.09. The summed E-state index contributed by atoms with van der Waals surface area (Å²) >= 11 is 5.19. The molecule has 7 nitrogen and oxygen atoms in total. The van der Waals surface area contributed by atoms with Crippen molar-refractivity contribution in [3.63, 3.8) is 0 Å². The minimum Gasteiger partial charge on any atom is -0.305 e. The van der Waals surface area contributed by atoms with E-state index >= 15 is 0 Å². The number of nitrogens with one attached hydrogen (secondary N) is 1. The van der Waals surface area contributed by atoms with Crippen LogP contribution >= 0.6 is 11.6 Å². The second kappa shape index (κ2) is 3.46. The number of halogens is 1. The number of carbonyl (C=O) groups excluding carboxylic acids is 1. The van der Waals surface area contributed by atoms with Gasteiger partial charge in [0, 0.05) is 12.1 Å². The van der Waals surface area contributed by atoms with Gasteiger partial charge < -0.3 is 4.98 Å². The molecule has 0 aliphatic carbocycles. The second-order valence-corrected chi connectivity index (χ2v) is 3.30. The number of nitrogens with zero attached hydrogens (tertiary/aromatic N) is 2. The summed E-state index contributed by atoms with van der Waals surface area (Å²) in [6, 6.07) is 3.67. The maximum Gasteiger partial charge on any atom is 0.334 e. The van der Waals surface area contributed by atoms with Gasteiger partial charge in [0.25, 0.3) is 5.69 Å². The zero-order valence-corrected chi connectivity index (χ0v) is 8.39. The molecule has 0 saturated heterocycles. The molecule has 2 rings (SSSR count). The van der Waals surface area contributed by atoms with Crippen LogP contribution < -0.4 is 5.69 Å². The number of imidazole rings is 1. The molecule has 82 valence electrons. The lowest BCUT2D eigenvalue weighted by atomic mass is 10.3. The molecule has 0 saturated carbocycles. The molecule has 1 aromatic heterocycles. The summed E-state index contributed by atoms with van der Waals surface area (Å²) in [5.41, 5.74) is -0.558. The molecule has 0 bridgehead atoms. The number of hydrogen-bond acceptors (Lipinski definition) is 4. The second-order valence-electron chi connectivity index (χ2n) is 2.98. The lowest BCUT2D eigenvalue weighted by molar-refractivity contribution is -0.384. The Labute approximate surface area is 92.4 Å². The van der Waals surface area contributed by atoms with Crippen LogP contribution in [-0.4, -0.2) is 19.8 Å². The van der Waals surface area contributed by atoms with E-state index in [4.69, 9.17) is 11.6 Å². The largest absolute Gasteiger partial charge is 0.334 e. The molecule has 8 heteroatoms. The smallest absolute Gasteiger partial charge is 0.305 e. The van der Waals surface area contributed by atoms with Crippen molar-refractivity contribution in [3.8, 4) is 0 Å². The molecule has 0 aliphatic rings. The van der Waals surface area contributed by atoms with Crippen LogP contribution in [0.25, 0.3) is 11.0 Å². The Hall–Kier alpha value is -2.15. The molecule has 2 aromatic rings. The molecule has 1 aromatic carbocycles. The van der Waals surface area contributed by atoms with Crippen molar-refractivity contribution in [2.75, 3.05) is 0 Å². The molecular formula is C8H4ClN3O4. The fourth-order valence-electron chi connectivity index (χ4n) is 1.38. The Morgan fingerprint density at radius 3 is 2.75 bits per heavy atom. The number of rotatable bonds is 1. The van der Waals surface area contributed by atoms with Crippen LogP contribution in [0.5, 0.6) is 0 Å². The van der Waals surface area contributed by atoms with Crippen molar-refractivity contribution in [2.45, 2.75) is 0 Å². The number of nitro benzene ring substituents is 1. The highest BCUT2D eigenvalue weighted by Gasteiger charge is 2.15. The third-order valence-electron chi connectivity index (χ3n) is 2.05. The molecule has 1 N–H and O–H groups in total. The average Bonchev–Trinajstić information content (AvgIpc) is 2.51. The molecular weight excluding hydrogens is 238 g/mol. The van der Waals surface area contributed by atoms with Gasteiger partial charge in [-0.3, -0.25) is 14.9 Å². The fourth-order valence-corrected chi connectivity index (χ4v) is 1.55. The molecule has 0 fully saturated rings. The number of H-pyrrole nitrogens is 1. The van der Waals surface area contributed by atoms with E-state index in [9.17, 15) is 19.7 Å². The number of fused-ring (bicyclic) bond motifs is 1. The van der Waals surface area contributed by atoms with Crippen molar-refractivity contribution in [1.29, 1.82) is 0 Å². The third-order valence-corrected chi connectivity index (χ3v) is 2.22. The summed E-state index contributed by atoms with van der Waals surface area (Å²) < 4.78 is 0.629. The summed E-state index contributed by atoms with van der Waals surface area (Å²) in [4.78, 5) is 34.5. The van der Waals surface area contributed by atoms with Crippen LogP contribution in [0.3, 0.4) is 0 Å². The van der Waals surface area contributed by atoms with E-state index in [0.717, 1.165) is 6.07 Å². The minimum absolute atomic E-state index is 0.0826. The molecule has 0 amide bonds. The van der Waals surface area contributed by atoms with Crippen LogP contribution in [-0.2, 0) is 0 Å². The Balaban J connectivity index is 2.85. The van der Waals surface area contributed by atoms with E-state index in [1.54, 1.807) is 0 Å². The average molecular weight is 242 g/mol. The summed E-state index contributed by atoms with van der Waals surface area (Å²) in [6.07, 6.45) is 0. The SMILES string of the molecule is O=C(Cl)n1c(=O)[nH]c2ccc([N+](=O)[O-])cc21. The normalized spacial score (nSPS) is 10.6. The van der Waals surface area contributed by atoms with Crippen LogP contribution in [0, 0.1) is 10.1 Å². The zero-order chi connectivity index (χ0) is 11.9. The van der Waals surface area contributed by atoms with Gasteiger partial charge in [-0.1, -0.05) is 0 Å². The van der Waals surface area contributed by atoms with Gasteiger partial charge >= 0.3 is 11.1 Å². The van der Waals surface area contributed by atoms with Gasteiger partial charge in [0.2, 0.25) is 0 Å². The molecule has 0 radical (unpaired) electrons. The fraction of sp³-hybridized carbons (Fsp3) is 0. The molecule has 0 aliphatic heterocycles. The summed E-state index contributed by atoms with van der Waals surface area (Å²) in [6.45, 7) is 0. The minimum atomic E-state index is -1.02. The number of hydrogen-bond donors (Lipinski definition) is 1. The topological polar surface area (TPSA) is 98.0 Å². The molecule has 1 heterocycles. The maximum atomic E-state index is 11.3. The number of benzene rings is 1. The predicted molar refractivity (Wildman–Crippen MR) is 55.9 cm³/mol. The van der Waals surface area contributed by atoms with E-state index in [-0.39, 0.29) is 11.2 Å². The van der Waals surface area contributed by atoms with Gasteiger partial charge in [0.15, 0.2) is 0 Å². The standard InChI is InChI=1S/C8H4ClN3O4/c9-7(13)11-6-3-4(12(15)16)1-2-5(6)10-8(11)14/h1-3H,(H,10,14). The number of aromatic nitrogens is 2. The Bertz CT molecular complexity index is 657. The number of aromatic amines is 1. The van der Waals surface area contributed by atoms with Crippen LogP contribution in [0.4, 0.5) is 10.5 Å². The maximum absolute atomic E-state index is 11.3. The van der Waals surface area contributed by atoms with Crippen LogP contribution in [0.1, 0.15) is 0 Å². The van der Waals surface area contributed by atoms with Crippen LogP contribution in [0.2, 0.25) is 0 Å². The van der Waals surface area contributed by atoms with Crippen molar-refractivity contribution in [3.05, 3.63) is 38.8 Å². The lowest BCUT2D eigenvalue weighted by Crippen LogP contribution is -2.19. The number of carbonyl (C=O) groups is 1. The Kier molecular flexibility index (Phi) is 2.24. The number of nitro groups is 1. The number of non-ortho nitro benzene ring substituents is 1. The summed E-state index contributed by atoms with van der Waals surface area (Å²) in [5, 5.41) is 9.51. The Morgan fingerprint density at radius 1 is 1.50 bits per heavy atom. The van der Waals surface area contributed by atoms with Gasteiger partial charge in [-0.2, -0.15) is 0 Å². The highest BCUT2D eigenvalue weighted by molar-refractivity contribution is 6.63. The quantitative estimate of drug-likeness (QED) is 0.464. The first-order chi connectivity index (χ1) is 7.50. The van der Waals surface area contributed by atoms with E-state index in [0.29, 0.717) is 10.1 Å². The highest BCUT2D eigenvalue weighted by atomic mass is 35.5. The first kappa shape index (κ1) is 10.4. The highest BCUT2D eigenvalue weighted by Crippen LogP contribution is 2.18. The zero-order valence-electron chi connectivity index (χ0n) is 7.64. The van der Waals surface area contributed by atoms with Gasteiger partial charge in [-0.25, -0.2) is 9.36 Å². The predicted octanol–water partition coefficient (Wildman–Crippen LogP) is 1.44. The molecule has 16 heavy (non-hydrogen) atoms. The van der Waals surface area contributed by atoms with Crippen molar-refractivity contribution in [1.82, 2.24) is 9.55 Å². The van der Waals surface area contributed by atoms with Gasteiger partial charge in [-0.05, 0) is 17.7 Å². The molecule has 0 spiro atoms. The monoisotopic (exact) mass is 241 g/mol. The van der Waals surface area contributed by atoms with E-state index in [2.05, 4.69) is 4.98 Å². The lowest BCUT2D eigenvalue weighted by Gasteiger charge is -1.95. The molecule has 0 unspecified atom stereocenters. The van der Waals surface area contributed by atoms with Crippen molar-refractivity contribution < 1.29 is 9.72 Å². The summed E-state index contributed by atoms with van der Waals surface area (Å²) in [7, 11) is 0.